The van der Waals surface area contributed by atoms with Crippen molar-refractivity contribution < 1.29 is 9.90 Å². The Morgan fingerprint density at radius 1 is 1.47 bits per heavy atom. The molecule has 104 valence electrons. The average molecular weight is 279 g/mol. The molecule has 1 aromatic rings. The van der Waals surface area contributed by atoms with Gasteiger partial charge in [0, 0.05) is 23.0 Å². The average Bonchev–Trinajstić information content (AvgIpc) is 2.85. The van der Waals surface area contributed by atoms with Gasteiger partial charge in [0.25, 0.3) is 5.91 Å². The van der Waals surface area contributed by atoms with Crippen LogP contribution in [0.1, 0.15) is 36.5 Å². The minimum absolute atomic E-state index is 0.0933. The third-order valence-corrected chi connectivity index (χ3v) is 4.33. The van der Waals surface area contributed by atoms with Gasteiger partial charge in [0.1, 0.15) is 0 Å². The molecular weight excluding hydrogens is 258 g/mol. The number of benzene rings is 1. The van der Waals surface area contributed by atoms with Crippen molar-refractivity contribution in [2.45, 2.75) is 43.2 Å². The van der Waals surface area contributed by atoms with Crippen LogP contribution in [-0.2, 0) is 0 Å². The first-order valence-corrected chi connectivity index (χ1v) is 7.97. The van der Waals surface area contributed by atoms with Gasteiger partial charge in [-0.1, -0.05) is 0 Å². The second kappa shape index (κ2) is 6.44. The Bertz CT molecular complexity index is 430. The number of aliphatic hydroxyl groups excluding tert-OH is 1. The Hall–Kier alpha value is -1.00. The van der Waals surface area contributed by atoms with E-state index < -0.39 is 0 Å². The third kappa shape index (κ3) is 3.51. The number of amides is 1. The summed E-state index contributed by atoms with van der Waals surface area (Å²) in [6, 6.07) is 7.94. The Kier molecular flexibility index (Phi) is 4.88. The zero-order valence-corrected chi connectivity index (χ0v) is 12.3. The largest absolute Gasteiger partial charge is 0.393 e. The van der Waals surface area contributed by atoms with Crippen LogP contribution in [0.15, 0.2) is 29.2 Å². The highest BCUT2D eigenvalue weighted by atomic mass is 32.2. The number of aliphatic hydroxyl groups is 1. The number of hydrogen-bond donors (Lipinski definition) is 1. The molecule has 0 saturated carbocycles. The van der Waals surface area contributed by atoms with Gasteiger partial charge in [0.2, 0.25) is 0 Å². The van der Waals surface area contributed by atoms with Gasteiger partial charge in [-0.2, -0.15) is 0 Å². The van der Waals surface area contributed by atoms with Gasteiger partial charge in [-0.25, -0.2) is 0 Å². The molecule has 1 heterocycles. The number of carbonyl (C=O) groups is 1. The van der Waals surface area contributed by atoms with Crippen LogP contribution in [0.5, 0.6) is 0 Å². The summed E-state index contributed by atoms with van der Waals surface area (Å²) < 4.78 is 0. The molecule has 1 aliphatic heterocycles. The minimum Gasteiger partial charge on any atom is -0.393 e. The molecule has 3 nitrogen and oxygen atoms in total. The first kappa shape index (κ1) is 14.4. The number of hydrogen-bond acceptors (Lipinski definition) is 3. The van der Waals surface area contributed by atoms with Crippen molar-refractivity contribution in [3.8, 4) is 0 Å². The molecule has 1 amide bonds. The summed E-state index contributed by atoms with van der Waals surface area (Å²) in [7, 11) is 0. The fraction of sp³-hybridized carbons (Fsp3) is 0.533. The van der Waals surface area contributed by atoms with Crippen molar-refractivity contribution >= 4 is 17.7 Å². The molecule has 4 heteroatoms. The van der Waals surface area contributed by atoms with Crippen molar-refractivity contribution in [2.75, 3.05) is 12.8 Å². The SMILES string of the molecule is CSc1ccc(C(=O)N2CCCC2CC(C)O)cc1. The standard InChI is InChI=1S/C15H21NO2S/c1-11(17)10-13-4-3-9-16(13)15(18)12-5-7-14(19-2)8-6-12/h5-8,11,13,17H,3-4,9-10H2,1-2H3. The van der Waals surface area contributed by atoms with E-state index >= 15 is 0 Å². The lowest BCUT2D eigenvalue weighted by atomic mass is 10.1. The first-order chi connectivity index (χ1) is 9.11. The second-order valence-electron chi connectivity index (χ2n) is 5.11. The summed E-state index contributed by atoms with van der Waals surface area (Å²) in [5.74, 6) is 0.0933. The summed E-state index contributed by atoms with van der Waals surface area (Å²) in [6.45, 7) is 2.59. The zero-order valence-electron chi connectivity index (χ0n) is 11.5. The Morgan fingerprint density at radius 2 is 2.16 bits per heavy atom. The lowest BCUT2D eigenvalue weighted by Crippen LogP contribution is -2.37. The van der Waals surface area contributed by atoms with Crippen LogP contribution >= 0.6 is 11.8 Å². The first-order valence-electron chi connectivity index (χ1n) is 6.75. The molecule has 0 radical (unpaired) electrons. The maximum atomic E-state index is 12.5. The van der Waals surface area contributed by atoms with Crippen LogP contribution in [0, 0.1) is 0 Å². The molecule has 1 N–H and O–H groups in total. The third-order valence-electron chi connectivity index (χ3n) is 3.59. The van der Waals surface area contributed by atoms with Crippen LogP contribution in [0.4, 0.5) is 0 Å². The van der Waals surface area contributed by atoms with Gasteiger partial charge >= 0.3 is 0 Å². The highest BCUT2D eigenvalue weighted by Gasteiger charge is 2.29. The van der Waals surface area contributed by atoms with Crippen LogP contribution in [0.3, 0.4) is 0 Å². The van der Waals surface area contributed by atoms with Gasteiger partial charge in [0.05, 0.1) is 6.10 Å². The molecule has 2 unspecified atom stereocenters. The molecule has 1 aliphatic rings. The maximum absolute atomic E-state index is 12.5. The highest BCUT2D eigenvalue weighted by Crippen LogP contribution is 2.24. The number of thioether (sulfide) groups is 1. The van der Waals surface area contributed by atoms with Crippen molar-refractivity contribution in [3.05, 3.63) is 29.8 Å². The fourth-order valence-corrected chi connectivity index (χ4v) is 3.05. The molecule has 0 bridgehead atoms. The van der Waals surface area contributed by atoms with E-state index in [9.17, 15) is 9.90 Å². The van der Waals surface area contributed by atoms with Crippen LogP contribution in [0.2, 0.25) is 0 Å². The number of rotatable bonds is 4. The summed E-state index contributed by atoms with van der Waals surface area (Å²) in [6.07, 6.45) is 4.38. The van der Waals surface area contributed by atoms with Crippen molar-refractivity contribution in [2.24, 2.45) is 0 Å². The molecule has 1 saturated heterocycles. The number of nitrogens with zero attached hydrogens (tertiary/aromatic N) is 1. The van der Waals surface area contributed by atoms with E-state index in [1.807, 2.05) is 35.4 Å². The van der Waals surface area contributed by atoms with E-state index in [4.69, 9.17) is 0 Å². The van der Waals surface area contributed by atoms with Gasteiger partial charge in [-0.3, -0.25) is 4.79 Å². The van der Waals surface area contributed by atoms with Crippen LogP contribution < -0.4 is 0 Å². The van der Waals surface area contributed by atoms with E-state index in [0.717, 1.165) is 24.9 Å². The zero-order chi connectivity index (χ0) is 13.8. The van der Waals surface area contributed by atoms with E-state index in [1.54, 1.807) is 18.7 Å². The summed E-state index contributed by atoms with van der Waals surface area (Å²) in [4.78, 5) is 15.6. The second-order valence-corrected chi connectivity index (χ2v) is 5.99. The van der Waals surface area contributed by atoms with E-state index in [-0.39, 0.29) is 18.1 Å². The molecule has 1 fully saturated rings. The lowest BCUT2D eigenvalue weighted by molar-refractivity contribution is 0.0682. The number of likely N-dealkylation sites (tertiary alicyclic amines) is 1. The van der Waals surface area contributed by atoms with Crippen LogP contribution in [-0.4, -0.2) is 40.9 Å². The molecule has 1 aromatic carbocycles. The van der Waals surface area contributed by atoms with Gasteiger partial charge in [-0.05, 0) is 56.7 Å². The Morgan fingerprint density at radius 3 is 2.74 bits per heavy atom. The van der Waals surface area contributed by atoms with Crippen molar-refractivity contribution in [1.82, 2.24) is 4.90 Å². The van der Waals surface area contributed by atoms with E-state index in [1.165, 1.54) is 4.90 Å². The fourth-order valence-electron chi connectivity index (χ4n) is 2.64. The molecular formula is C15H21NO2S. The monoisotopic (exact) mass is 279 g/mol. The molecule has 2 atom stereocenters. The predicted molar refractivity (Wildman–Crippen MR) is 78.6 cm³/mol. The van der Waals surface area contributed by atoms with Crippen LogP contribution in [0.25, 0.3) is 0 Å². The van der Waals surface area contributed by atoms with E-state index in [0.29, 0.717) is 6.42 Å². The molecule has 2 rings (SSSR count). The molecule has 0 aromatic heterocycles. The Balaban J connectivity index is 2.09. The molecule has 0 aliphatic carbocycles. The highest BCUT2D eigenvalue weighted by molar-refractivity contribution is 7.98. The summed E-state index contributed by atoms with van der Waals surface area (Å²) in [5.41, 5.74) is 0.746. The minimum atomic E-state index is -0.350. The van der Waals surface area contributed by atoms with Gasteiger partial charge < -0.3 is 10.0 Å². The van der Waals surface area contributed by atoms with Crippen molar-refractivity contribution in [1.29, 1.82) is 0 Å². The Labute approximate surface area is 119 Å². The van der Waals surface area contributed by atoms with Gasteiger partial charge in [-0.15, -0.1) is 11.8 Å². The number of carbonyl (C=O) groups excluding carboxylic acids is 1. The summed E-state index contributed by atoms with van der Waals surface area (Å²) >= 11 is 1.67. The lowest BCUT2D eigenvalue weighted by Gasteiger charge is -2.25. The molecule has 19 heavy (non-hydrogen) atoms. The van der Waals surface area contributed by atoms with E-state index in [2.05, 4.69) is 0 Å². The normalized spacial score (nSPS) is 20.6. The summed E-state index contributed by atoms with van der Waals surface area (Å²) in [5, 5.41) is 9.51. The maximum Gasteiger partial charge on any atom is 0.254 e. The molecule has 0 spiro atoms. The quantitative estimate of drug-likeness (QED) is 0.862. The van der Waals surface area contributed by atoms with Gasteiger partial charge in [0.15, 0.2) is 0 Å². The topological polar surface area (TPSA) is 40.5 Å². The van der Waals surface area contributed by atoms with Crippen molar-refractivity contribution in [3.63, 3.8) is 0 Å². The smallest absolute Gasteiger partial charge is 0.254 e. The predicted octanol–water partition coefficient (Wildman–Crippen LogP) is 2.78.